The molecule has 0 aromatic heterocycles. The molecule has 1 atom stereocenters. The van der Waals surface area contributed by atoms with Gasteiger partial charge in [0.05, 0.1) is 12.9 Å². The summed E-state index contributed by atoms with van der Waals surface area (Å²) in [6, 6.07) is 11.5. The third-order valence-corrected chi connectivity index (χ3v) is 6.71. The van der Waals surface area contributed by atoms with Crippen LogP contribution in [-0.4, -0.2) is 66.4 Å². The average molecular weight is 472 g/mol. The molecular weight excluding hydrogens is 438 g/mol. The first kappa shape index (κ1) is 25.0. The van der Waals surface area contributed by atoms with E-state index in [1.165, 1.54) is 16.1 Å². The molecule has 0 saturated carbocycles. The Balaban J connectivity index is 1.57. The number of nitrogens with two attached hydrogens (primary N) is 1. The van der Waals surface area contributed by atoms with Gasteiger partial charge in [-0.1, -0.05) is 17.7 Å². The van der Waals surface area contributed by atoms with Crippen molar-refractivity contribution in [3.05, 3.63) is 63.7 Å². The van der Waals surface area contributed by atoms with Crippen LogP contribution in [0, 0.1) is 19.3 Å². The topological polar surface area (TPSA) is 85.9 Å². The van der Waals surface area contributed by atoms with Gasteiger partial charge in [-0.15, -0.1) is 0 Å². The molecule has 0 unspecified atom stereocenters. The van der Waals surface area contributed by atoms with E-state index in [4.69, 9.17) is 27.6 Å². The molecule has 3 N–H and O–H groups in total. The SMILES string of the molecule is Cc1c(OCCCN(N)C=N)ccc([C@@H](C)N2CCN(C(=O)c3ccc(Cl)cc3)CC2)c1C. The minimum Gasteiger partial charge on any atom is -0.493 e. The van der Waals surface area contributed by atoms with Crippen LogP contribution in [-0.2, 0) is 0 Å². The van der Waals surface area contributed by atoms with Gasteiger partial charge in [0.25, 0.3) is 5.91 Å². The summed E-state index contributed by atoms with van der Waals surface area (Å²) in [6.07, 6.45) is 1.86. The van der Waals surface area contributed by atoms with Crippen molar-refractivity contribution in [3.63, 3.8) is 0 Å². The fraction of sp³-hybridized carbons (Fsp3) is 0.440. The number of hydrogen-bond donors (Lipinski definition) is 2. The molecule has 0 radical (unpaired) electrons. The molecule has 2 aromatic rings. The zero-order valence-corrected chi connectivity index (χ0v) is 20.4. The fourth-order valence-electron chi connectivity index (χ4n) is 4.20. The van der Waals surface area contributed by atoms with Gasteiger partial charge in [-0.25, -0.2) is 5.84 Å². The maximum Gasteiger partial charge on any atom is 0.253 e. The number of benzene rings is 2. The highest BCUT2D eigenvalue weighted by atomic mass is 35.5. The van der Waals surface area contributed by atoms with Crippen molar-refractivity contribution in [1.82, 2.24) is 14.8 Å². The molecule has 7 nitrogen and oxygen atoms in total. The van der Waals surface area contributed by atoms with E-state index in [0.717, 1.165) is 37.2 Å². The van der Waals surface area contributed by atoms with E-state index in [2.05, 4.69) is 31.7 Å². The lowest BCUT2D eigenvalue weighted by atomic mass is 9.96. The Labute approximate surface area is 201 Å². The quantitative estimate of drug-likeness (QED) is 0.189. The van der Waals surface area contributed by atoms with E-state index in [0.29, 0.717) is 36.8 Å². The zero-order valence-electron chi connectivity index (χ0n) is 19.7. The lowest BCUT2D eigenvalue weighted by molar-refractivity contribution is 0.0581. The van der Waals surface area contributed by atoms with Gasteiger partial charge in [-0.2, -0.15) is 0 Å². The lowest BCUT2D eigenvalue weighted by Gasteiger charge is -2.39. The van der Waals surface area contributed by atoms with Crippen LogP contribution in [0.1, 0.15) is 46.4 Å². The molecule has 1 fully saturated rings. The monoisotopic (exact) mass is 471 g/mol. The fourth-order valence-corrected chi connectivity index (χ4v) is 4.33. The maximum absolute atomic E-state index is 12.8. The minimum atomic E-state index is 0.0610. The molecule has 0 spiro atoms. The Hall–Kier alpha value is -2.61. The molecule has 178 valence electrons. The molecule has 1 saturated heterocycles. The number of piperazine rings is 1. The van der Waals surface area contributed by atoms with Gasteiger partial charge < -0.3 is 14.6 Å². The largest absolute Gasteiger partial charge is 0.493 e. The summed E-state index contributed by atoms with van der Waals surface area (Å²) in [4.78, 5) is 17.1. The molecule has 1 aliphatic rings. The number of carbonyl (C=O) groups is 1. The summed E-state index contributed by atoms with van der Waals surface area (Å²) in [5.41, 5.74) is 4.35. The van der Waals surface area contributed by atoms with Crippen LogP contribution in [0.25, 0.3) is 0 Å². The smallest absolute Gasteiger partial charge is 0.253 e. The molecule has 1 amide bonds. The van der Waals surface area contributed by atoms with Gasteiger partial charge in [0.1, 0.15) is 5.75 Å². The Morgan fingerprint density at radius 2 is 1.82 bits per heavy atom. The number of hydrazine groups is 1. The first-order valence-corrected chi connectivity index (χ1v) is 11.7. The number of rotatable bonds is 9. The summed E-state index contributed by atoms with van der Waals surface area (Å²) in [7, 11) is 0. The number of ether oxygens (including phenoxy) is 1. The van der Waals surface area contributed by atoms with Crippen LogP contribution >= 0.6 is 11.6 Å². The molecule has 2 aromatic carbocycles. The van der Waals surface area contributed by atoms with Gasteiger partial charge in [0.15, 0.2) is 0 Å². The van der Waals surface area contributed by atoms with Crippen molar-refractivity contribution < 1.29 is 9.53 Å². The summed E-state index contributed by atoms with van der Waals surface area (Å²) < 4.78 is 5.96. The van der Waals surface area contributed by atoms with E-state index in [9.17, 15) is 4.79 Å². The second-order valence-electron chi connectivity index (χ2n) is 8.48. The first-order chi connectivity index (χ1) is 15.8. The molecule has 0 aliphatic carbocycles. The van der Waals surface area contributed by atoms with Crippen LogP contribution < -0.4 is 10.6 Å². The Bertz CT molecular complexity index is 958. The van der Waals surface area contributed by atoms with Crippen LogP contribution in [0.4, 0.5) is 0 Å². The van der Waals surface area contributed by atoms with E-state index >= 15 is 0 Å². The third-order valence-electron chi connectivity index (χ3n) is 6.45. The standard InChI is InChI=1S/C25H34ClN5O2/c1-18-19(2)24(33-16-4-11-31(28)17-27)10-9-23(18)20(3)29-12-14-30(15-13-29)25(32)21-5-7-22(26)8-6-21/h5-10,17,20,27H,4,11-16,28H2,1-3H3/t20-/m1/s1. The second kappa shape index (κ2) is 11.5. The average Bonchev–Trinajstić information content (AvgIpc) is 2.84. The first-order valence-electron chi connectivity index (χ1n) is 11.4. The van der Waals surface area contributed by atoms with Crippen molar-refractivity contribution in [2.75, 3.05) is 39.3 Å². The van der Waals surface area contributed by atoms with Gasteiger partial charge in [0.2, 0.25) is 0 Å². The number of carbonyl (C=O) groups excluding carboxylic acids is 1. The van der Waals surface area contributed by atoms with Crippen molar-refractivity contribution in [2.24, 2.45) is 5.84 Å². The van der Waals surface area contributed by atoms with E-state index in [-0.39, 0.29) is 11.9 Å². The lowest BCUT2D eigenvalue weighted by Crippen LogP contribution is -2.49. The van der Waals surface area contributed by atoms with E-state index in [1.807, 2.05) is 11.0 Å². The molecule has 8 heteroatoms. The minimum absolute atomic E-state index is 0.0610. The summed E-state index contributed by atoms with van der Waals surface area (Å²) in [5.74, 6) is 6.54. The summed E-state index contributed by atoms with van der Waals surface area (Å²) in [5, 5.41) is 9.08. The van der Waals surface area contributed by atoms with Crippen molar-refractivity contribution in [1.29, 1.82) is 5.41 Å². The number of nitrogens with one attached hydrogen (secondary N) is 1. The van der Waals surface area contributed by atoms with Gasteiger partial charge in [0, 0.05) is 55.8 Å². The predicted molar refractivity (Wildman–Crippen MR) is 133 cm³/mol. The second-order valence-corrected chi connectivity index (χ2v) is 8.92. The van der Waals surface area contributed by atoms with Gasteiger partial charge in [-0.3, -0.25) is 15.1 Å². The maximum atomic E-state index is 12.8. The number of amides is 1. The summed E-state index contributed by atoms with van der Waals surface area (Å²) in [6.45, 7) is 10.7. The van der Waals surface area contributed by atoms with Crippen LogP contribution in [0.3, 0.4) is 0 Å². The predicted octanol–water partition coefficient (Wildman–Crippen LogP) is 4.03. The molecule has 3 rings (SSSR count). The number of halogens is 1. The Morgan fingerprint density at radius 3 is 2.45 bits per heavy atom. The van der Waals surface area contributed by atoms with E-state index in [1.54, 1.807) is 24.3 Å². The van der Waals surface area contributed by atoms with Crippen LogP contribution in [0.2, 0.25) is 5.02 Å². The highest BCUT2D eigenvalue weighted by Crippen LogP contribution is 2.31. The molecule has 33 heavy (non-hydrogen) atoms. The molecule has 0 bridgehead atoms. The third kappa shape index (κ3) is 6.25. The highest BCUT2D eigenvalue weighted by molar-refractivity contribution is 6.30. The zero-order chi connectivity index (χ0) is 24.0. The number of nitrogens with zero attached hydrogens (tertiary/aromatic N) is 3. The Kier molecular flexibility index (Phi) is 8.72. The van der Waals surface area contributed by atoms with Crippen molar-refractivity contribution >= 4 is 23.8 Å². The van der Waals surface area contributed by atoms with Crippen LogP contribution in [0.5, 0.6) is 5.75 Å². The van der Waals surface area contributed by atoms with Gasteiger partial charge >= 0.3 is 0 Å². The van der Waals surface area contributed by atoms with Crippen LogP contribution in [0.15, 0.2) is 36.4 Å². The molecule has 1 aliphatic heterocycles. The Morgan fingerprint density at radius 1 is 1.15 bits per heavy atom. The van der Waals surface area contributed by atoms with Gasteiger partial charge in [-0.05, 0) is 67.8 Å². The van der Waals surface area contributed by atoms with Crippen molar-refractivity contribution in [2.45, 2.75) is 33.2 Å². The van der Waals surface area contributed by atoms with E-state index < -0.39 is 0 Å². The normalized spacial score (nSPS) is 15.2. The summed E-state index contributed by atoms with van der Waals surface area (Å²) >= 11 is 5.94. The number of hydrogen-bond acceptors (Lipinski definition) is 5. The highest BCUT2D eigenvalue weighted by Gasteiger charge is 2.26. The van der Waals surface area contributed by atoms with Crippen molar-refractivity contribution in [3.8, 4) is 5.75 Å². The molecule has 1 heterocycles. The molecular formula is C25H34ClN5O2.